The molecule has 39 heavy (non-hydrogen) atoms. The number of aromatic carboxylic acids is 1. The zero-order chi connectivity index (χ0) is 27.8. The van der Waals surface area contributed by atoms with Crippen LogP contribution >= 0.6 is 0 Å². The predicted octanol–water partition coefficient (Wildman–Crippen LogP) is 5.11. The number of phenols is 2. The van der Waals surface area contributed by atoms with E-state index in [1.807, 2.05) is 12.1 Å². The number of carbonyl (C=O) groups excluding carboxylic acids is 1. The number of esters is 1. The molecule has 0 radical (unpaired) electrons. The SMILES string of the molecule is O=C(O)c1ccc(O)cc1C(=O)Oc1ccc(Cc2ccc(OOCc3cc(O)ccc3COO)cc2)cc1. The molecule has 0 aromatic heterocycles. The Labute approximate surface area is 222 Å². The Morgan fingerprint density at radius 2 is 1.28 bits per heavy atom. The number of hydrogen-bond donors (Lipinski definition) is 4. The van der Waals surface area contributed by atoms with Crippen molar-refractivity contribution in [1.29, 1.82) is 0 Å². The first kappa shape index (κ1) is 27.1. The zero-order valence-electron chi connectivity index (χ0n) is 20.4. The van der Waals surface area contributed by atoms with Crippen LogP contribution in [0.1, 0.15) is 43.0 Å². The van der Waals surface area contributed by atoms with Gasteiger partial charge in [-0.25, -0.2) is 14.5 Å². The van der Waals surface area contributed by atoms with Crippen molar-refractivity contribution in [2.45, 2.75) is 19.6 Å². The van der Waals surface area contributed by atoms with E-state index in [1.165, 1.54) is 18.2 Å². The van der Waals surface area contributed by atoms with Crippen molar-refractivity contribution in [2.24, 2.45) is 0 Å². The minimum absolute atomic E-state index is 0.0226. The normalized spacial score (nSPS) is 10.7. The fourth-order valence-electron chi connectivity index (χ4n) is 3.74. The van der Waals surface area contributed by atoms with Gasteiger partial charge in [-0.1, -0.05) is 30.3 Å². The van der Waals surface area contributed by atoms with Crippen molar-refractivity contribution in [3.63, 3.8) is 0 Å². The first-order valence-electron chi connectivity index (χ1n) is 11.7. The molecular weight excluding hydrogens is 508 g/mol. The molecule has 0 saturated heterocycles. The van der Waals surface area contributed by atoms with Crippen LogP contribution in [-0.2, 0) is 29.4 Å². The van der Waals surface area contributed by atoms with Gasteiger partial charge in [-0.15, -0.1) is 0 Å². The fraction of sp³-hybridized carbons (Fsp3) is 0.103. The second-order valence-electron chi connectivity index (χ2n) is 8.46. The van der Waals surface area contributed by atoms with Gasteiger partial charge in [0.15, 0.2) is 5.75 Å². The highest BCUT2D eigenvalue weighted by Crippen LogP contribution is 2.23. The number of ether oxygens (including phenoxy) is 1. The van der Waals surface area contributed by atoms with Gasteiger partial charge in [0.2, 0.25) is 0 Å². The average molecular weight is 533 g/mol. The second-order valence-corrected chi connectivity index (χ2v) is 8.46. The number of carboxylic acid groups (broad SMARTS) is 1. The highest BCUT2D eigenvalue weighted by atomic mass is 17.2. The topological polar surface area (TPSA) is 152 Å². The predicted molar refractivity (Wildman–Crippen MR) is 137 cm³/mol. The molecule has 0 aliphatic carbocycles. The third-order valence-electron chi connectivity index (χ3n) is 5.70. The monoisotopic (exact) mass is 532 g/mol. The third kappa shape index (κ3) is 7.33. The molecular formula is C29H24O10. The minimum Gasteiger partial charge on any atom is -0.508 e. The standard InChI is InChI=1S/C29H24O10/c30-22-6-5-20(16-36-35)21(14-22)17-37-39-25-10-3-19(4-11-25)13-18-1-8-24(9-2-18)38-29(34)27-15-23(31)7-12-26(27)28(32)33/h1-12,14-15,30-31,35H,13,16-17H2,(H,32,33). The van der Waals surface area contributed by atoms with Gasteiger partial charge in [0, 0.05) is 0 Å². The molecule has 10 nitrogen and oxygen atoms in total. The lowest BCUT2D eigenvalue weighted by molar-refractivity contribution is -0.253. The van der Waals surface area contributed by atoms with Crippen LogP contribution in [0.3, 0.4) is 0 Å². The van der Waals surface area contributed by atoms with E-state index in [0.29, 0.717) is 23.3 Å². The van der Waals surface area contributed by atoms with Crippen LogP contribution in [0.2, 0.25) is 0 Å². The maximum absolute atomic E-state index is 12.5. The molecule has 0 spiro atoms. The first-order chi connectivity index (χ1) is 18.8. The number of carbonyl (C=O) groups is 2. The van der Waals surface area contributed by atoms with Crippen LogP contribution in [0.25, 0.3) is 0 Å². The van der Waals surface area contributed by atoms with Gasteiger partial charge < -0.3 is 24.9 Å². The van der Waals surface area contributed by atoms with Gasteiger partial charge in [-0.05, 0) is 83.3 Å². The summed E-state index contributed by atoms with van der Waals surface area (Å²) >= 11 is 0. The molecule has 0 amide bonds. The smallest absolute Gasteiger partial charge is 0.344 e. The summed E-state index contributed by atoms with van der Waals surface area (Å²) in [5, 5.41) is 37.2. The molecule has 4 aromatic rings. The lowest BCUT2D eigenvalue weighted by atomic mass is 10.0. The minimum atomic E-state index is -1.31. The number of rotatable bonds is 11. The molecule has 10 heteroatoms. The summed E-state index contributed by atoms with van der Waals surface area (Å²) in [7, 11) is 0. The van der Waals surface area contributed by atoms with Crippen LogP contribution < -0.4 is 9.62 Å². The van der Waals surface area contributed by atoms with Crippen molar-refractivity contribution < 1.29 is 49.6 Å². The van der Waals surface area contributed by atoms with Gasteiger partial charge in [0.25, 0.3) is 0 Å². The van der Waals surface area contributed by atoms with Crippen LogP contribution in [0.4, 0.5) is 0 Å². The molecule has 4 rings (SSSR count). The van der Waals surface area contributed by atoms with E-state index < -0.39 is 11.9 Å². The molecule has 0 aliphatic rings. The van der Waals surface area contributed by atoms with Crippen molar-refractivity contribution >= 4 is 11.9 Å². The van der Waals surface area contributed by atoms with Gasteiger partial charge in [0.1, 0.15) is 30.5 Å². The summed E-state index contributed by atoms with van der Waals surface area (Å²) in [6.45, 7) is -0.0326. The Morgan fingerprint density at radius 1 is 0.667 bits per heavy atom. The quantitative estimate of drug-likeness (QED) is 0.0888. The van der Waals surface area contributed by atoms with E-state index in [1.54, 1.807) is 42.5 Å². The van der Waals surface area contributed by atoms with E-state index in [-0.39, 0.29) is 41.6 Å². The van der Waals surface area contributed by atoms with Gasteiger partial charge >= 0.3 is 11.9 Å². The number of carboxylic acids is 1. The molecule has 0 unspecified atom stereocenters. The lowest BCUT2D eigenvalue weighted by Gasteiger charge is -2.10. The van der Waals surface area contributed by atoms with Crippen molar-refractivity contribution in [3.05, 3.63) is 118 Å². The van der Waals surface area contributed by atoms with E-state index >= 15 is 0 Å². The summed E-state index contributed by atoms with van der Waals surface area (Å²) in [5.74, 6) is -1.70. The van der Waals surface area contributed by atoms with Gasteiger partial charge in [-0.2, -0.15) is 4.89 Å². The number of phenolic OH excluding ortho intramolecular Hbond substituents is 2. The Morgan fingerprint density at radius 3 is 1.92 bits per heavy atom. The Bertz CT molecular complexity index is 1450. The van der Waals surface area contributed by atoms with Crippen LogP contribution in [0.15, 0.2) is 84.9 Å². The highest BCUT2D eigenvalue weighted by molar-refractivity contribution is 6.03. The summed E-state index contributed by atoms with van der Waals surface area (Å²) in [5.41, 5.74) is 2.63. The highest BCUT2D eigenvalue weighted by Gasteiger charge is 2.19. The second kappa shape index (κ2) is 12.6. The third-order valence-corrected chi connectivity index (χ3v) is 5.70. The van der Waals surface area contributed by atoms with E-state index in [0.717, 1.165) is 23.3 Å². The molecule has 0 atom stereocenters. The Kier molecular flexibility index (Phi) is 8.75. The van der Waals surface area contributed by atoms with Gasteiger partial charge in [-0.3, -0.25) is 5.26 Å². The molecule has 0 heterocycles. The van der Waals surface area contributed by atoms with Crippen LogP contribution in [0.5, 0.6) is 23.0 Å². The molecule has 200 valence electrons. The number of aromatic hydroxyl groups is 2. The fourth-order valence-corrected chi connectivity index (χ4v) is 3.74. The van der Waals surface area contributed by atoms with E-state index in [9.17, 15) is 24.9 Å². The summed E-state index contributed by atoms with van der Waals surface area (Å²) < 4.78 is 5.29. The van der Waals surface area contributed by atoms with Crippen molar-refractivity contribution in [2.75, 3.05) is 0 Å². The first-order valence-corrected chi connectivity index (χ1v) is 11.7. The molecule has 4 N–H and O–H groups in total. The lowest BCUT2D eigenvalue weighted by Crippen LogP contribution is -2.14. The molecule has 4 aromatic carbocycles. The van der Waals surface area contributed by atoms with E-state index in [4.69, 9.17) is 19.8 Å². The number of hydrogen-bond acceptors (Lipinski definition) is 9. The summed E-state index contributed by atoms with van der Waals surface area (Å²) in [6, 6.07) is 21.9. The summed E-state index contributed by atoms with van der Waals surface area (Å²) in [4.78, 5) is 38.6. The average Bonchev–Trinajstić information content (AvgIpc) is 2.92. The Balaban J connectivity index is 1.31. The van der Waals surface area contributed by atoms with E-state index in [2.05, 4.69) is 4.89 Å². The number of benzene rings is 4. The summed E-state index contributed by atoms with van der Waals surface area (Å²) in [6.07, 6.45) is 0.582. The maximum atomic E-state index is 12.5. The van der Waals surface area contributed by atoms with Gasteiger partial charge in [0.05, 0.1) is 11.1 Å². The molecule has 0 aliphatic heterocycles. The van der Waals surface area contributed by atoms with Crippen molar-refractivity contribution in [1.82, 2.24) is 0 Å². The maximum Gasteiger partial charge on any atom is 0.344 e. The van der Waals surface area contributed by atoms with Crippen molar-refractivity contribution in [3.8, 4) is 23.0 Å². The van der Waals surface area contributed by atoms with Crippen LogP contribution in [0, 0.1) is 0 Å². The largest absolute Gasteiger partial charge is 0.508 e. The molecule has 0 bridgehead atoms. The van der Waals surface area contributed by atoms with Crippen LogP contribution in [-0.4, -0.2) is 32.5 Å². The Hall–Kier alpha value is -4.90. The molecule has 0 saturated carbocycles. The molecule has 0 fully saturated rings. The zero-order valence-corrected chi connectivity index (χ0v) is 20.4.